The van der Waals surface area contributed by atoms with Crippen LogP contribution in [0.5, 0.6) is 0 Å². The first-order chi connectivity index (χ1) is 14.5. The highest BCUT2D eigenvalue weighted by molar-refractivity contribution is 5.90. The van der Waals surface area contributed by atoms with Crippen LogP contribution in [0.15, 0.2) is 0 Å². The standard InChI is InChI=1S/C25H38O6/c1-15(26)30-14-22(28)25(29)12-9-21-19-6-5-17-13-18(31-16(2)27)7-10-23(17,3)20(19)8-11-24(21,25)4/h17-21,29H,5-14H2,1-4H3/t17-,18-,19+,20-,21-,23-,24-,25-/m0/s1. The van der Waals surface area contributed by atoms with E-state index < -0.39 is 17.0 Å². The minimum Gasteiger partial charge on any atom is -0.463 e. The van der Waals surface area contributed by atoms with Gasteiger partial charge < -0.3 is 14.6 Å². The second kappa shape index (κ2) is 7.86. The predicted molar refractivity (Wildman–Crippen MR) is 114 cm³/mol. The molecule has 1 N–H and O–H groups in total. The van der Waals surface area contributed by atoms with Crippen LogP contribution >= 0.6 is 0 Å². The third-order valence-electron chi connectivity index (χ3n) is 9.97. The molecule has 0 saturated heterocycles. The van der Waals surface area contributed by atoms with Crippen molar-refractivity contribution in [2.75, 3.05) is 6.61 Å². The fraction of sp³-hybridized carbons (Fsp3) is 0.880. The van der Waals surface area contributed by atoms with E-state index in [1.165, 1.54) is 13.8 Å². The van der Waals surface area contributed by atoms with Crippen molar-refractivity contribution in [3.63, 3.8) is 0 Å². The van der Waals surface area contributed by atoms with E-state index >= 15 is 0 Å². The van der Waals surface area contributed by atoms with Crippen LogP contribution in [0.25, 0.3) is 0 Å². The Kier molecular flexibility index (Phi) is 5.77. The van der Waals surface area contributed by atoms with E-state index in [0.717, 1.165) is 51.4 Å². The first-order valence-electron chi connectivity index (χ1n) is 12.1. The molecule has 31 heavy (non-hydrogen) atoms. The second-order valence-corrected chi connectivity index (χ2v) is 11.2. The summed E-state index contributed by atoms with van der Waals surface area (Å²) in [6.07, 6.45) is 8.45. The maximum absolute atomic E-state index is 12.9. The summed E-state index contributed by atoms with van der Waals surface area (Å²) >= 11 is 0. The van der Waals surface area contributed by atoms with Crippen LogP contribution in [0.2, 0.25) is 0 Å². The smallest absolute Gasteiger partial charge is 0.303 e. The Bertz CT molecular complexity index is 763. The van der Waals surface area contributed by atoms with Crippen molar-refractivity contribution in [2.24, 2.45) is 34.5 Å². The SMILES string of the molecule is CC(=O)OCC(=O)[C@@]1(O)CC[C@H]2[C@@H]3CC[C@H]4C[C@@H](OC(C)=O)CC[C@]4(C)[C@H]3CC[C@@]21C. The fourth-order valence-corrected chi connectivity index (χ4v) is 8.32. The van der Waals surface area contributed by atoms with Crippen LogP contribution in [0.4, 0.5) is 0 Å². The number of Topliss-reactive ketones (excluding diaryl/α,β-unsaturated/α-hetero) is 1. The molecule has 0 aromatic carbocycles. The van der Waals surface area contributed by atoms with Gasteiger partial charge in [-0.15, -0.1) is 0 Å². The van der Waals surface area contributed by atoms with Gasteiger partial charge in [0.1, 0.15) is 11.7 Å². The minimum absolute atomic E-state index is 0.0523. The lowest BCUT2D eigenvalue weighted by molar-refractivity contribution is -0.179. The molecule has 0 aromatic rings. The van der Waals surface area contributed by atoms with E-state index in [4.69, 9.17) is 9.47 Å². The number of rotatable bonds is 4. The van der Waals surface area contributed by atoms with Gasteiger partial charge in [0.2, 0.25) is 5.78 Å². The molecule has 4 saturated carbocycles. The van der Waals surface area contributed by atoms with E-state index in [2.05, 4.69) is 13.8 Å². The molecule has 0 spiro atoms. The first kappa shape index (κ1) is 22.8. The summed E-state index contributed by atoms with van der Waals surface area (Å²) in [6, 6.07) is 0. The second-order valence-electron chi connectivity index (χ2n) is 11.2. The van der Waals surface area contributed by atoms with Crippen molar-refractivity contribution in [3.05, 3.63) is 0 Å². The van der Waals surface area contributed by atoms with Gasteiger partial charge in [0.25, 0.3) is 0 Å². The third-order valence-corrected chi connectivity index (χ3v) is 9.97. The Hall–Kier alpha value is -1.43. The number of ketones is 1. The molecular formula is C25H38O6. The average Bonchev–Trinajstić information content (AvgIpc) is 2.98. The summed E-state index contributed by atoms with van der Waals surface area (Å²) in [4.78, 5) is 35.6. The quantitative estimate of drug-likeness (QED) is 0.677. The van der Waals surface area contributed by atoms with Crippen LogP contribution in [-0.4, -0.2) is 41.1 Å². The molecule has 4 rings (SSSR count). The summed E-state index contributed by atoms with van der Waals surface area (Å²) in [5.74, 6) is 0.987. The van der Waals surface area contributed by atoms with Gasteiger partial charge in [-0.05, 0) is 86.9 Å². The normalized spacial score (nSPS) is 46.3. The van der Waals surface area contributed by atoms with Crippen LogP contribution in [0.1, 0.15) is 85.5 Å². The van der Waals surface area contributed by atoms with Gasteiger partial charge in [0.15, 0.2) is 6.61 Å². The monoisotopic (exact) mass is 434 g/mol. The Morgan fingerprint density at radius 1 is 0.903 bits per heavy atom. The summed E-state index contributed by atoms with van der Waals surface area (Å²) < 4.78 is 10.5. The van der Waals surface area contributed by atoms with Crippen molar-refractivity contribution in [2.45, 2.75) is 97.2 Å². The summed E-state index contributed by atoms with van der Waals surface area (Å²) in [5, 5.41) is 11.5. The first-order valence-corrected chi connectivity index (χ1v) is 12.1. The van der Waals surface area contributed by atoms with Crippen molar-refractivity contribution in [3.8, 4) is 0 Å². The number of hydrogen-bond donors (Lipinski definition) is 1. The van der Waals surface area contributed by atoms with Gasteiger partial charge in [-0.2, -0.15) is 0 Å². The molecule has 174 valence electrons. The number of carbonyl (C=O) groups is 3. The predicted octanol–water partition coefficient (Wildman–Crippen LogP) is 3.82. The maximum Gasteiger partial charge on any atom is 0.303 e. The molecule has 0 heterocycles. The number of esters is 2. The zero-order valence-corrected chi connectivity index (χ0v) is 19.4. The van der Waals surface area contributed by atoms with Crippen molar-refractivity contribution in [1.82, 2.24) is 0 Å². The fourth-order valence-electron chi connectivity index (χ4n) is 8.32. The van der Waals surface area contributed by atoms with Gasteiger partial charge >= 0.3 is 11.9 Å². The van der Waals surface area contributed by atoms with Gasteiger partial charge in [-0.3, -0.25) is 14.4 Å². The van der Waals surface area contributed by atoms with Gasteiger partial charge in [-0.25, -0.2) is 0 Å². The molecule has 8 atom stereocenters. The average molecular weight is 435 g/mol. The molecule has 0 amide bonds. The largest absolute Gasteiger partial charge is 0.463 e. The van der Waals surface area contributed by atoms with Gasteiger partial charge in [0, 0.05) is 19.3 Å². The van der Waals surface area contributed by atoms with E-state index in [9.17, 15) is 19.5 Å². The summed E-state index contributed by atoms with van der Waals surface area (Å²) in [7, 11) is 0. The zero-order chi connectivity index (χ0) is 22.6. The van der Waals surface area contributed by atoms with Gasteiger partial charge in [0.05, 0.1) is 0 Å². The molecular weight excluding hydrogens is 396 g/mol. The summed E-state index contributed by atoms with van der Waals surface area (Å²) in [5.41, 5.74) is -1.62. The van der Waals surface area contributed by atoms with Crippen LogP contribution in [0, 0.1) is 34.5 Å². The van der Waals surface area contributed by atoms with E-state index in [0.29, 0.717) is 30.1 Å². The molecule has 0 bridgehead atoms. The number of ether oxygens (including phenoxy) is 2. The van der Waals surface area contributed by atoms with E-state index in [1.807, 2.05) is 0 Å². The molecule has 6 heteroatoms. The number of fused-ring (bicyclic) bond motifs is 5. The van der Waals surface area contributed by atoms with Crippen LogP contribution in [0.3, 0.4) is 0 Å². The lowest BCUT2D eigenvalue weighted by Crippen LogP contribution is -2.59. The van der Waals surface area contributed by atoms with E-state index in [1.54, 1.807) is 0 Å². The highest BCUT2D eigenvalue weighted by Gasteiger charge is 2.66. The van der Waals surface area contributed by atoms with Crippen LogP contribution < -0.4 is 0 Å². The van der Waals surface area contributed by atoms with Crippen LogP contribution in [-0.2, 0) is 23.9 Å². The Morgan fingerprint density at radius 3 is 2.29 bits per heavy atom. The topological polar surface area (TPSA) is 89.9 Å². The molecule has 0 aromatic heterocycles. The number of carbonyl (C=O) groups excluding carboxylic acids is 3. The Morgan fingerprint density at radius 2 is 1.61 bits per heavy atom. The zero-order valence-electron chi connectivity index (χ0n) is 19.4. The summed E-state index contributed by atoms with van der Waals surface area (Å²) in [6.45, 7) is 6.99. The van der Waals surface area contributed by atoms with Crippen molar-refractivity contribution < 1.29 is 29.0 Å². The maximum atomic E-state index is 12.9. The number of aliphatic hydroxyl groups is 1. The molecule has 6 nitrogen and oxygen atoms in total. The number of hydrogen-bond acceptors (Lipinski definition) is 6. The molecule has 4 fully saturated rings. The lowest BCUT2D eigenvalue weighted by atomic mass is 9.44. The molecule has 4 aliphatic carbocycles. The van der Waals surface area contributed by atoms with Gasteiger partial charge in [-0.1, -0.05) is 13.8 Å². The molecule has 0 unspecified atom stereocenters. The highest BCUT2D eigenvalue weighted by atomic mass is 16.5. The van der Waals surface area contributed by atoms with E-state index in [-0.39, 0.29) is 29.9 Å². The third kappa shape index (κ3) is 3.53. The lowest BCUT2D eigenvalue weighted by Gasteiger charge is -2.61. The Balaban J connectivity index is 1.52. The molecule has 0 radical (unpaired) electrons. The molecule has 0 aliphatic heterocycles. The van der Waals surface area contributed by atoms with Crippen molar-refractivity contribution >= 4 is 17.7 Å². The minimum atomic E-state index is -1.40. The molecule has 4 aliphatic rings. The van der Waals surface area contributed by atoms with Crippen molar-refractivity contribution in [1.29, 1.82) is 0 Å². The Labute approximate surface area is 185 Å². The highest BCUT2D eigenvalue weighted by Crippen LogP contribution is 2.68.